The maximum Gasteiger partial charge on any atom is 0.0750 e. The highest BCUT2D eigenvalue weighted by molar-refractivity contribution is 4.91. The van der Waals surface area contributed by atoms with E-state index in [4.69, 9.17) is 4.74 Å². The monoisotopic (exact) mass is 169 g/mol. The molecule has 1 atom stereocenters. The van der Waals surface area contributed by atoms with Gasteiger partial charge in [-0.25, -0.2) is 0 Å². The van der Waals surface area contributed by atoms with Crippen LogP contribution in [0.4, 0.5) is 0 Å². The van der Waals surface area contributed by atoms with Crippen molar-refractivity contribution in [3.8, 4) is 0 Å². The summed E-state index contributed by atoms with van der Waals surface area (Å²) in [5.41, 5.74) is 1.17. The van der Waals surface area contributed by atoms with Crippen LogP contribution in [0.15, 0.2) is 12.3 Å². The molecule has 0 aromatic heterocycles. The van der Waals surface area contributed by atoms with Crippen LogP contribution < -0.4 is 0 Å². The largest absolute Gasteiger partial charge is 0.375 e. The summed E-state index contributed by atoms with van der Waals surface area (Å²) in [5, 5.41) is 0. The highest BCUT2D eigenvalue weighted by Crippen LogP contribution is 2.13. The van der Waals surface area contributed by atoms with Gasteiger partial charge in [-0.15, -0.1) is 0 Å². The highest BCUT2D eigenvalue weighted by Gasteiger charge is 2.18. The van der Waals surface area contributed by atoms with E-state index in [0.717, 1.165) is 19.7 Å². The normalized spacial score (nSPS) is 24.2. The molecule has 0 aliphatic carbocycles. The van der Waals surface area contributed by atoms with E-state index in [0.29, 0.717) is 6.10 Å². The van der Waals surface area contributed by atoms with Crippen LogP contribution in [0.25, 0.3) is 0 Å². The van der Waals surface area contributed by atoms with E-state index in [1.54, 1.807) is 0 Å². The van der Waals surface area contributed by atoms with Crippen LogP contribution in [-0.2, 0) is 4.74 Å². The summed E-state index contributed by atoms with van der Waals surface area (Å²) in [6.45, 7) is 11.1. The van der Waals surface area contributed by atoms with Crippen molar-refractivity contribution in [1.82, 2.24) is 4.90 Å². The predicted octanol–water partition coefficient (Wildman–Crippen LogP) is 2.02. The summed E-state index contributed by atoms with van der Waals surface area (Å²) >= 11 is 0. The zero-order valence-corrected chi connectivity index (χ0v) is 8.18. The maximum absolute atomic E-state index is 5.62. The zero-order valence-electron chi connectivity index (χ0n) is 8.18. The van der Waals surface area contributed by atoms with Gasteiger partial charge in [-0.3, -0.25) is 0 Å². The Morgan fingerprint density at radius 1 is 1.67 bits per heavy atom. The third-order valence-corrected chi connectivity index (χ3v) is 2.29. The molecule has 0 bridgehead atoms. The Morgan fingerprint density at radius 3 is 3.00 bits per heavy atom. The molecule has 0 aromatic carbocycles. The number of ether oxygens (including phenoxy) is 1. The summed E-state index contributed by atoms with van der Waals surface area (Å²) in [6, 6.07) is 0. The van der Waals surface area contributed by atoms with E-state index < -0.39 is 0 Å². The second-order valence-corrected chi connectivity index (χ2v) is 3.46. The highest BCUT2D eigenvalue weighted by atomic mass is 16.5. The van der Waals surface area contributed by atoms with Crippen molar-refractivity contribution in [3.05, 3.63) is 12.3 Å². The Balaban J connectivity index is 2.35. The fourth-order valence-corrected chi connectivity index (χ4v) is 1.56. The van der Waals surface area contributed by atoms with E-state index >= 15 is 0 Å². The molecule has 0 aromatic rings. The van der Waals surface area contributed by atoms with Gasteiger partial charge in [0.15, 0.2) is 0 Å². The lowest BCUT2D eigenvalue weighted by molar-refractivity contribution is -0.0205. The van der Waals surface area contributed by atoms with Crippen LogP contribution in [0.5, 0.6) is 0 Å². The third kappa shape index (κ3) is 2.52. The average molecular weight is 169 g/mol. The number of morpholine rings is 1. The molecule has 0 saturated carbocycles. The van der Waals surface area contributed by atoms with Crippen LogP contribution in [0.1, 0.15) is 26.7 Å². The zero-order chi connectivity index (χ0) is 8.97. The van der Waals surface area contributed by atoms with Crippen molar-refractivity contribution in [1.29, 1.82) is 0 Å². The Hall–Kier alpha value is -0.500. The molecule has 0 radical (unpaired) electrons. The van der Waals surface area contributed by atoms with Gasteiger partial charge in [0.1, 0.15) is 0 Å². The van der Waals surface area contributed by atoms with Crippen molar-refractivity contribution in [2.24, 2.45) is 0 Å². The molecule has 12 heavy (non-hydrogen) atoms. The first kappa shape index (κ1) is 9.59. The molecule has 1 fully saturated rings. The van der Waals surface area contributed by atoms with Crippen LogP contribution in [0.2, 0.25) is 0 Å². The molecule has 70 valence electrons. The first-order chi connectivity index (χ1) is 5.74. The fraction of sp³-hybridized carbons (Fsp3) is 0.800. The predicted molar refractivity (Wildman–Crippen MR) is 51.0 cm³/mol. The number of rotatable bonds is 3. The number of hydrogen-bond acceptors (Lipinski definition) is 2. The van der Waals surface area contributed by atoms with Gasteiger partial charge in [-0.05, 0) is 13.3 Å². The lowest BCUT2D eigenvalue weighted by atomic mass is 10.1. The molecule has 1 heterocycles. The summed E-state index contributed by atoms with van der Waals surface area (Å²) in [4.78, 5) is 2.31. The summed E-state index contributed by atoms with van der Waals surface area (Å²) < 4.78 is 5.62. The molecule has 0 N–H and O–H groups in total. The standard InChI is InChI=1S/C10H19NO/c1-4-5-10-8-11(9(2)3)6-7-12-10/h10H,2,4-8H2,1,3H3. The van der Waals surface area contributed by atoms with E-state index in [1.807, 2.05) is 0 Å². The van der Waals surface area contributed by atoms with Gasteiger partial charge in [0.05, 0.1) is 12.7 Å². The van der Waals surface area contributed by atoms with Gasteiger partial charge in [-0.2, -0.15) is 0 Å². The summed E-state index contributed by atoms with van der Waals surface area (Å²) in [6.07, 6.45) is 2.80. The molecule has 1 aliphatic rings. The van der Waals surface area contributed by atoms with Crippen LogP contribution in [0.3, 0.4) is 0 Å². The van der Waals surface area contributed by atoms with Crippen molar-refractivity contribution in [3.63, 3.8) is 0 Å². The lowest BCUT2D eigenvalue weighted by Gasteiger charge is -2.34. The van der Waals surface area contributed by atoms with Crippen LogP contribution in [0, 0.1) is 0 Å². The lowest BCUT2D eigenvalue weighted by Crippen LogP contribution is -2.40. The van der Waals surface area contributed by atoms with Gasteiger partial charge < -0.3 is 9.64 Å². The van der Waals surface area contributed by atoms with E-state index in [-0.39, 0.29) is 0 Å². The van der Waals surface area contributed by atoms with Crippen molar-refractivity contribution in [2.75, 3.05) is 19.7 Å². The van der Waals surface area contributed by atoms with Crippen LogP contribution >= 0.6 is 0 Å². The van der Waals surface area contributed by atoms with Gasteiger partial charge in [0, 0.05) is 18.8 Å². The molecule has 1 saturated heterocycles. The van der Waals surface area contributed by atoms with Gasteiger partial charge in [-0.1, -0.05) is 19.9 Å². The quantitative estimate of drug-likeness (QED) is 0.641. The van der Waals surface area contributed by atoms with Crippen LogP contribution in [-0.4, -0.2) is 30.7 Å². The molecule has 0 spiro atoms. The minimum atomic E-state index is 0.431. The molecule has 2 heteroatoms. The van der Waals surface area contributed by atoms with E-state index in [1.165, 1.54) is 18.5 Å². The minimum Gasteiger partial charge on any atom is -0.375 e. The second kappa shape index (κ2) is 4.51. The van der Waals surface area contributed by atoms with Gasteiger partial charge in [0.2, 0.25) is 0 Å². The Labute approximate surface area is 75.2 Å². The average Bonchev–Trinajstić information content (AvgIpc) is 2.05. The number of allylic oxidation sites excluding steroid dienone is 1. The SMILES string of the molecule is C=C(C)N1CCOC(CCC)C1. The fourth-order valence-electron chi connectivity index (χ4n) is 1.56. The molecular weight excluding hydrogens is 150 g/mol. The van der Waals surface area contributed by atoms with Crippen molar-refractivity contribution in [2.45, 2.75) is 32.8 Å². The molecule has 2 nitrogen and oxygen atoms in total. The minimum absolute atomic E-state index is 0.431. The molecule has 1 rings (SSSR count). The topological polar surface area (TPSA) is 12.5 Å². The Kier molecular flexibility index (Phi) is 3.60. The smallest absolute Gasteiger partial charge is 0.0750 e. The van der Waals surface area contributed by atoms with Gasteiger partial charge in [0.25, 0.3) is 0 Å². The summed E-state index contributed by atoms with van der Waals surface area (Å²) in [5.74, 6) is 0. The third-order valence-electron chi connectivity index (χ3n) is 2.29. The Bertz CT molecular complexity index is 154. The first-order valence-corrected chi connectivity index (χ1v) is 4.76. The second-order valence-electron chi connectivity index (χ2n) is 3.46. The van der Waals surface area contributed by atoms with Crippen molar-refractivity contribution >= 4 is 0 Å². The van der Waals surface area contributed by atoms with E-state index in [9.17, 15) is 0 Å². The number of hydrogen-bond donors (Lipinski definition) is 0. The molecule has 0 amide bonds. The van der Waals surface area contributed by atoms with E-state index in [2.05, 4.69) is 25.3 Å². The van der Waals surface area contributed by atoms with Crippen molar-refractivity contribution < 1.29 is 4.74 Å². The first-order valence-electron chi connectivity index (χ1n) is 4.76. The molecule has 1 unspecified atom stereocenters. The molecular formula is C10H19NO. The maximum atomic E-state index is 5.62. The summed E-state index contributed by atoms with van der Waals surface area (Å²) in [7, 11) is 0. The molecule has 1 aliphatic heterocycles. The number of nitrogens with zero attached hydrogens (tertiary/aromatic N) is 1. The Morgan fingerprint density at radius 2 is 2.42 bits per heavy atom. The van der Waals surface area contributed by atoms with Gasteiger partial charge >= 0.3 is 0 Å².